The van der Waals surface area contributed by atoms with Crippen molar-refractivity contribution < 1.29 is 4.39 Å². The standard InChI is InChI=1S/C11H10BrFN2/c12-10(7-11-14-4-5-15-11)8-2-1-3-9(13)6-8/h1-6,10H,7H2,(H,14,15). The zero-order chi connectivity index (χ0) is 10.7. The summed E-state index contributed by atoms with van der Waals surface area (Å²) in [6.07, 6.45) is 4.21. The lowest BCUT2D eigenvalue weighted by atomic mass is 10.1. The molecule has 0 radical (unpaired) electrons. The number of imidazole rings is 1. The monoisotopic (exact) mass is 268 g/mol. The lowest BCUT2D eigenvalue weighted by Gasteiger charge is -2.08. The van der Waals surface area contributed by atoms with Gasteiger partial charge in [-0.3, -0.25) is 0 Å². The Hall–Kier alpha value is -1.16. The van der Waals surface area contributed by atoms with Crippen LogP contribution in [0.25, 0.3) is 0 Å². The molecule has 1 aromatic heterocycles. The van der Waals surface area contributed by atoms with E-state index < -0.39 is 0 Å². The van der Waals surface area contributed by atoms with Gasteiger partial charge in [-0.1, -0.05) is 28.1 Å². The summed E-state index contributed by atoms with van der Waals surface area (Å²) in [5.74, 6) is 0.678. The molecule has 4 heteroatoms. The number of benzene rings is 1. The summed E-state index contributed by atoms with van der Waals surface area (Å²) in [5, 5.41) is 0. The average Bonchev–Trinajstić information content (AvgIpc) is 2.70. The second-order valence-electron chi connectivity index (χ2n) is 3.26. The molecule has 1 atom stereocenters. The first kappa shape index (κ1) is 10.4. The smallest absolute Gasteiger partial charge is 0.123 e. The number of rotatable bonds is 3. The molecule has 2 rings (SSSR count). The van der Waals surface area contributed by atoms with Crippen LogP contribution in [-0.2, 0) is 6.42 Å². The predicted octanol–water partition coefficient (Wildman–Crippen LogP) is 3.23. The Morgan fingerprint density at radius 3 is 3.00 bits per heavy atom. The van der Waals surface area contributed by atoms with E-state index in [4.69, 9.17) is 0 Å². The molecule has 0 saturated carbocycles. The number of alkyl halides is 1. The van der Waals surface area contributed by atoms with Crippen LogP contribution in [0.3, 0.4) is 0 Å². The van der Waals surface area contributed by atoms with E-state index in [1.165, 1.54) is 12.1 Å². The third-order valence-electron chi connectivity index (χ3n) is 2.14. The SMILES string of the molecule is Fc1cccc(C(Br)Cc2ncc[nH]2)c1. The van der Waals surface area contributed by atoms with Crippen molar-refractivity contribution in [2.24, 2.45) is 0 Å². The number of hydrogen-bond acceptors (Lipinski definition) is 1. The lowest BCUT2D eigenvalue weighted by molar-refractivity contribution is 0.625. The van der Waals surface area contributed by atoms with E-state index in [2.05, 4.69) is 25.9 Å². The van der Waals surface area contributed by atoms with E-state index in [-0.39, 0.29) is 10.6 Å². The van der Waals surface area contributed by atoms with E-state index in [0.29, 0.717) is 0 Å². The first-order chi connectivity index (χ1) is 7.25. The molecule has 1 unspecified atom stereocenters. The van der Waals surface area contributed by atoms with Crippen molar-refractivity contribution in [1.29, 1.82) is 0 Å². The average molecular weight is 269 g/mol. The number of nitrogens with one attached hydrogen (secondary N) is 1. The van der Waals surface area contributed by atoms with Gasteiger partial charge in [-0.15, -0.1) is 0 Å². The highest BCUT2D eigenvalue weighted by molar-refractivity contribution is 9.09. The highest BCUT2D eigenvalue weighted by atomic mass is 79.9. The topological polar surface area (TPSA) is 28.7 Å². The number of halogens is 2. The molecule has 0 spiro atoms. The molecular weight excluding hydrogens is 259 g/mol. The molecule has 2 nitrogen and oxygen atoms in total. The summed E-state index contributed by atoms with van der Waals surface area (Å²) in [4.78, 5) is 7.23. The van der Waals surface area contributed by atoms with Gasteiger partial charge in [0.15, 0.2) is 0 Å². The minimum Gasteiger partial charge on any atom is -0.349 e. The van der Waals surface area contributed by atoms with Crippen LogP contribution in [0.1, 0.15) is 16.2 Å². The molecule has 2 aromatic rings. The van der Waals surface area contributed by atoms with Gasteiger partial charge in [0.05, 0.1) is 0 Å². The molecule has 1 aromatic carbocycles. The van der Waals surface area contributed by atoms with Gasteiger partial charge in [0.25, 0.3) is 0 Å². The van der Waals surface area contributed by atoms with Gasteiger partial charge in [0, 0.05) is 23.6 Å². The number of nitrogens with zero attached hydrogens (tertiary/aromatic N) is 1. The Bertz CT molecular complexity index is 428. The number of H-pyrrole nitrogens is 1. The van der Waals surface area contributed by atoms with Crippen molar-refractivity contribution >= 4 is 15.9 Å². The fraction of sp³-hybridized carbons (Fsp3) is 0.182. The summed E-state index contributed by atoms with van der Waals surface area (Å²) in [5.41, 5.74) is 0.923. The van der Waals surface area contributed by atoms with Crippen LogP contribution in [0.4, 0.5) is 4.39 Å². The van der Waals surface area contributed by atoms with E-state index in [1.807, 2.05) is 6.07 Å². The molecule has 1 N–H and O–H groups in total. The Balaban J connectivity index is 2.11. The molecule has 1 heterocycles. The van der Waals surface area contributed by atoms with Crippen LogP contribution in [0.2, 0.25) is 0 Å². The maximum absolute atomic E-state index is 13.0. The van der Waals surface area contributed by atoms with Crippen molar-refractivity contribution in [1.82, 2.24) is 9.97 Å². The Morgan fingerprint density at radius 1 is 1.47 bits per heavy atom. The summed E-state index contributed by atoms with van der Waals surface area (Å²) < 4.78 is 13.0. The third-order valence-corrected chi connectivity index (χ3v) is 2.99. The highest BCUT2D eigenvalue weighted by Gasteiger charge is 2.10. The molecule has 0 fully saturated rings. The predicted molar refractivity (Wildman–Crippen MR) is 60.4 cm³/mol. The zero-order valence-corrected chi connectivity index (χ0v) is 9.54. The molecule has 0 amide bonds. The normalized spacial score (nSPS) is 12.7. The number of aromatic amines is 1. The van der Waals surface area contributed by atoms with E-state index >= 15 is 0 Å². The Kier molecular flexibility index (Phi) is 3.16. The van der Waals surface area contributed by atoms with Gasteiger partial charge < -0.3 is 4.98 Å². The maximum Gasteiger partial charge on any atom is 0.123 e. The maximum atomic E-state index is 13.0. The molecule has 15 heavy (non-hydrogen) atoms. The van der Waals surface area contributed by atoms with Crippen molar-refractivity contribution in [3.63, 3.8) is 0 Å². The summed E-state index contributed by atoms with van der Waals surface area (Å²) in [6.45, 7) is 0. The van der Waals surface area contributed by atoms with Gasteiger partial charge in [-0.2, -0.15) is 0 Å². The molecule has 0 aliphatic rings. The van der Waals surface area contributed by atoms with Crippen LogP contribution < -0.4 is 0 Å². The lowest BCUT2D eigenvalue weighted by Crippen LogP contribution is -1.97. The Labute approximate surface area is 95.7 Å². The van der Waals surface area contributed by atoms with Crippen molar-refractivity contribution in [2.45, 2.75) is 11.2 Å². The van der Waals surface area contributed by atoms with Crippen LogP contribution in [0.5, 0.6) is 0 Å². The van der Waals surface area contributed by atoms with Gasteiger partial charge in [0.1, 0.15) is 11.6 Å². The van der Waals surface area contributed by atoms with Crippen LogP contribution >= 0.6 is 15.9 Å². The highest BCUT2D eigenvalue weighted by Crippen LogP contribution is 2.26. The van der Waals surface area contributed by atoms with Crippen molar-refractivity contribution in [3.05, 3.63) is 53.9 Å². The summed E-state index contributed by atoms with van der Waals surface area (Å²) in [6, 6.07) is 6.57. The van der Waals surface area contributed by atoms with E-state index in [9.17, 15) is 4.39 Å². The van der Waals surface area contributed by atoms with E-state index in [1.54, 1.807) is 18.5 Å². The van der Waals surface area contributed by atoms with E-state index in [0.717, 1.165) is 17.8 Å². The van der Waals surface area contributed by atoms with Gasteiger partial charge in [-0.25, -0.2) is 9.37 Å². The third kappa shape index (κ3) is 2.65. The largest absolute Gasteiger partial charge is 0.349 e. The summed E-state index contributed by atoms with van der Waals surface area (Å²) >= 11 is 3.51. The number of hydrogen-bond donors (Lipinski definition) is 1. The molecule has 0 saturated heterocycles. The molecule has 0 aliphatic heterocycles. The molecule has 0 aliphatic carbocycles. The van der Waals surface area contributed by atoms with Gasteiger partial charge >= 0.3 is 0 Å². The quantitative estimate of drug-likeness (QED) is 0.851. The first-order valence-corrected chi connectivity index (χ1v) is 5.55. The van der Waals surface area contributed by atoms with Crippen molar-refractivity contribution in [2.75, 3.05) is 0 Å². The second kappa shape index (κ2) is 4.57. The van der Waals surface area contributed by atoms with Crippen LogP contribution in [0, 0.1) is 5.82 Å². The van der Waals surface area contributed by atoms with Gasteiger partial charge in [0.2, 0.25) is 0 Å². The summed E-state index contributed by atoms with van der Waals surface area (Å²) in [7, 11) is 0. The second-order valence-corrected chi connectivity index (χ2v) is 4.37. The zero-order valence-electron chi connectivity index (χ0n) is 7.95. The fourth-order valence-corrected chi connectivity index (χ4v) is 1.99. The van der Waals surface area contributed by atoms with Gasteiger partial charge in [-0.05, 0) is 17.7 Å². The van der Waals surface area contributed by atoms with Crippen LogP contribution in [-0.4, -0.2) is 9.97 Å². The Morgan fingerprint density at radius 2 is 2.33 bits per heavy atom. The molecule has 0 bridgehead atoms. The first-order valence-electron chi connectivity index (χ1n) is 4.63. The van der Waals surface area contributed by atoms with Crippen molar-refractivity contribution in [3.8, 4) is 0 Å². The minimum atomic E-state index is -0.212. The van der Waals surface area contributed by atoms with Crippen LogP contribution in [0.15, 0.2) is 36.7 Å². The minimum absolute atomic E-state index is 0.0827. The molecule has 78 valence electrons. The number of aromatic nitrogens is 2. The molecular formula is C11H10BrFN2. The fourth-order valence-electron chi connectivity index (χ4n) is 1.40.